The van der Waals surface area contributed by atoms with Gasteiger partial charge in [0.2, 0.25) is 0 Å². The van der Waals surface area contributed by atoms with Gasteiger partial charge in [0.05, 0.1) is 7.11 Å². The van der Waals surface area contributed by atoms with Crippen LogP contribution in [-0.4, -0.2) is 18.2 Å². The zero-order valence-electron chi connectivity index (χ0n) is 10.8. The molecule has 102 valence electrons. The molecule has 1 N–H and O–H groups in total. The van der Waals surface area contributed by atoms with Gasteiger partial charge in [0, 0.05) is 16.7 Å². The fourth-order valence-electron chi connectivity index (χ4n) is 1.89. The monoisotopic (exact) mass is 288 g/mol. The molecule has 0 saturated heterocycles. The van der Waals surface area contributed by atoms with Crippen molar-refractivity contribution in [3.63, 3.8) is 0 Å². The first kappa shape index (κ1) is 14.2. The highest BCUT2D eigenvalue weighted by molar-refractivity contribution is 6.32. The maximum atomic E-state index is 11.0. The van der Waals surface area contributed by atoms with E-state index < -0.39 is 5.97 Å². The van der Waals surface area contributed by atoms with E-state index in [1.54, 1.807) is 49.6 Å². The number of hydrogen-bond donors (Lipinski definition) is 1. The summed E-state index contributed by atoms with van der Waals surface area (Å²) in [4.78, 5) is 11.0. The lowest BCUT2D eigenvalue weighted by Gasteiger charge is -2.10. The minimum Gasteiger partial charge on any atom is -0.497 e. The van der Waals surface area contributed by atoms with Crippen LogP contribution in [0.4, 0.5) is 0 Å². The van der Waals surface area contributed by atoms with Crippen molar-refractivity contribution in [2.75, 3.05) is 7.11 Å². The smallest absolute Gasteiger partial charge is 0.328 e. The maximum Gasteiger partial charge on any atom is 0.328 e. The number of rotatable bonds is 4. The second kappa shape index (κ2) is 6.26. The van der Waals surface area contributed by atoms with Crippen LogP contribution in [0.15, 0.2) is 54.6 Å². The normalized spacial score (nSPS) is 11.2. The van der Waals surface area contributed by atoms with Crippen molar-refractivity contribution in [3.8, 4) is 5.75 Å². The molecule has 0 spiro atoms. The van der Waals surface area contributed by atoms with Gasteiger partial charge in [-0.15, -0.1) is 0 Å². The van der Waals surface area contributed by atoms with Gasteiger partial charge in [-0.25, -0.2) is 4.79 Å². The molecule has 2 aromatic rings. The van der Waals surface area contributed by atoms with E-state index in [1.165, 1.54) is 0 Å². The van der Waals surface area contributed by atoms with Gasteiger partial charge in [0.15, 0.2) is 0 Å². The molecule has 0 aromatic heterocycles. The topological polar surface area (TPSA) is 46.5 Å². The molecule has 0 aliphatic rings. The fraction of sp³-hybridized carbons (Fsp3) is 0.0625. The number of hydrogen-bond acceptors (Lipinski definition) is 2. The predicted molar refractivity (Wildman–Crippen MR) is 79.2 cm³/mol. The number of aliphatic carboxylic acids is 1. The van der Waals surface area contributed by atoms with Gasteiger partial charge < -0.3 is 9.84 Å². The van der Waals surface area contributed by atoms with E-state index in [1.807, 2.05) is 6.07 Å². The third-order valence-corrected chi connectivity index (χ3v) is 3.16. The van der Waals surface area contributed by atoms with Crippen molar-refractivity contribution in [1.29, 1.82) is 0 Å². The van der Waals surface area contributed by atoms with Crippen molar-refractivity contribution in [2.45, 2.75) is 0 Å². The molecule has 0 amide bonds. The molecule has 0 aliphatic carbocycles. The molecule has 0 unspecified atom stereocenters. The van der Waals surface area contributed by atoms with E-state index in [-0.39, 0.29) is 0 Å². The Morgan fingerprint density at radius 3 is 2.35 bits per heavy atom. The van der Waals surface area contributed by atoms with Crippen molar-refractivity contribution in [1.82, 2.24) is 0 Å². The number of methoxy groups -OCH3 is 1. The van der Waals surface area contributed by atoms with Crippen LogP contribution in [0.5, 0.6) is 5.75 Å². The quantitative estimate of drug-likeness (QED) is 0.869. The highest BCUT2D eigenvalue weighted by Gasteiger charge is 2.10. The van der Waals surface area contributed by atoms with E-state index in [4.69, 9.17) is 21.4 Å². The summed E-state index contributed by atoms with van der Waals surface area (Å²) in [5.74, 6) is -0.307. The van der Waals surface area contributed by atoms with Crippen LogP contribution in [0, 0.1) is 0 Å². The second-order valence-corrected chi connectivity index (χ2v) is 4.51. The molecule has 20 heavy (non-hydrogen) atoms. The van der Waals surface area contributed by atoms with Gasteiger partial charge in [-0.05, 0) is 29.3 Å². The lowest BCUT2D eigenvalue weighted by atomic mass is 9.97. The Morgan fingerprint density at radius 2 is 1.80 bits per heavy atom. The number of carboxylic acids is 1. The SMILES string of the molecule is COc1ccc(/C(=C\C(=O)O)c2ccccc2Cl)cc1. The lowest BCUT2D eigenvalue weighted by molar-refractivity contribution is -0.131. The molecule has 2 aromatic carbocycles. The zero-order valence-corrected chi connectivity index (χ0v) is 11.6. The van der Waals surface area contributed by atoms with Crippen molar-refractivity contribution >= 4 is 23.1 Å². The maximum absolute atomic E-state index is 11.0. The number of ether oxygens (including phenoxy) is 1. The van der Waals surface area contributed by atoms with E-state index >= 15 is 0 Å². The molecule has 4 heteroatoms. The summed E-state index contributed by atoms with van der Waals surface area (Å²) in [5.41, 5.74) is 2.01. The summed E-state index contributed by atoms with van der Waals surface area (Å²) >= 11 is 6.15. The molecule has 0 saturated carbocycles. The Kier molecular flexibility index (Phi) is 4.43. The molecular formula is C16H13ClO3. The van der Waals surface area contributed by atoms with E-state index in [0.29, 0.717) is 21.9 Å². The number of benzene rings is 2. The highest BCUT2D eigenvalue weighted by atomic mass is 35.5. The summed E-state index contributed by atoms with van der Waals surface area (Å²) in [7, 11) is 1.58. The van der Waals surface area contributed by atoms with Gasteiger partial charge >= 0.3 is 5.97 Å². The Hall–Kier alpha value is -2.26. The largest absolute Gasteiger partial charge is 0.497 e. The van der Waals surface area contributed by atoms with E-state index in [9.17, 15) is 4.79 Å². The highest BCUT2D eigenvalue weighted by Crippen LogP contribution is 2.30. The first-order valence-corrected chi connectivity index (χ1v) is 6.33. The third-order valence-electron chi connectivity index (χ3n) is 2.83. The summed E-state index contributed by atoms with van der Waals surface area (Å²) in [5, 5.41) is 9.56. The average molecular weight is 289 g/mol. The van der Waals surface area contributed by atoms with Crippen LogP contribution in [0.3, 0.4) is 0 Å². The third kappa shape index (κ3) is 3.19. The average Bonchev–Trinajstić information content (AvgIpc) is 2.46. The molecule has 0 bridgehead atoms. The zero-order chi connectivity index (χ0) is 14.5. The van der Waals surface area contributed by atoms with Gasteiger partial charge in [-0.2, -0.15) is 0 Å². The Morgan fingerprint density at radius 1 is 1.15 bits per heavy atom. The Bertz CT molecular complexity index is 645. The number of carbonyl (C=O) groups is 1. The lowest BCUT2D eigenvalue weighted by Crippen LogP contribution is -1.95. The second-order valence-electron chi connectivity index (χ2n) is 4.10. The molecule has 0 radical (unpaired) electrons. The van der Waals surface area contributed by atoms with Crippen LogP contribution < -0.4 is 4.74 Å². The van der Waals surface area contributed by atoms with Crippen LogP contribution in [0.2, 0.25) is 5.02 Å². The van der Waals surface area contributed by atoms with Crippen molar-refractivity contribution in [3.05, 3.63) is 70.8 Å². The molecule has 0 fully saturated rings. The van der Waals surface area contributed by atoms with E-state index in [0.717, 1.165) is 11.6 Å². The fourth-order valence-corrected chi connectivity index (χ4v) is 2.13. The minimum absolute atomic E-state index is 0.510. The van der Waals surface area contributed by atoms with Gasteiger partial charge in [0.1, 0.15) is 5.75 Å². The Labute approximate surface area is 122 Å². The summed E-state index contributed by atoms with van der Waals surface area (Å²) in [6.45, 7) is 0. The first-order chi connectivity index (χ1) is 9.61. The number of carboxylic acid groups (broad SMARTS) is 1. The van der Waals surface area contributed by atoms with Gasteiger partial charge in [-0.1, -0.05) is 41.9 Å². The molecule has 2 rings (SSSR count). The van der Waals surface area contributed by atoms with Crippen LogP contribution >= 0.6 is 11.6 Å². The van der Waals surface area contributed by atoms with Gasteiger partial charge in [-0.3, -0.25) is 0 Å². The van der Waals surface area contributed by atoms with Crippen LogP contribution in [0.25, 0.3) is 5.57 Å². The Balaban J connectivity index is 2.53. The molecule has 0 aliphatic heterocycles. The first-order valence-electron chi connectivity index (χ1n) is 5.96. The van der Waals surface area contributed by atoms with Crippen molar-refractivity contribution < 1.29 is 14.6 Å². The summed E-state index contributed by atoms with van der Waals surface area (Å²) in [6, 6.07) is 14.3. The minimum atomic E-state index is -1.02. The van der Waals surface area contributed by atoms with Crippen LogP contribution in [0.1, 0.15) is 11.1 Å². The number of halogens is 1. The summed E-state index contributed by atoms with van der Waals surface area (Å²) < 4.78 is 5.10. The molecule has 3 nitrogen and oxygen atoms in total. The van der Waals surface area contributed by atoms with Gasteiger partial charge in [0.25, 0.3) is 0 Å². The van der Waals surface area contributed by atoms with Crippen LogP contribution in [-0.2, 0) is 4.79 Å². The van der Waals surface area contributed by atoms with E-state index in [2.05, 4.69) is 0 Å². The molecule has 0 atom stereocenters. The molecular weight excluding hydrogens is 276 g/mol. The van der Waals surface area contributed by atoms with Crippen molar-refractivity contribution in [2.24, 2.45) is 0 Å². The standard InChI is InChI=1S/C16H13ClO3/c1-20-12-8-6-11(7-9-12)14(10-16(18)19)13-4-2-3-5-15(13)17/h2-10H,1H3,(H,18,19)/b14-10+. The summed E-state index contributed by atoms with van der Waals surface area (Å²) in [6.07, 6.45) is 1.16. The predicted octanol–water partition coefficient (Wildman–Crippen LogP) is 3.86. The molecule has 0 heterocycles.